The van der Waals surface area contributed by atoms with Crippen LogP contribution in [0, 0.1) is 0 Å². The molecule has 11 heteroatoms. The van der Waals surface area contributed by atoms with Crippen LogP contribution in [0.3, 0.4) is 0 Å². The summed E-state index contributed by atoms with van der Waals surface area (Å²) in [6.45, 7) is 5.39. The van der Waals surface area contributed by atoms with Crippen LogP contribution in [0.4, 0.5) is 5.95 Å². The molecule has 10 nitrogen and oxygen atoms in total. The van der Waals surface area contributed by atoms with E-state index in [0.29, 0.717) is 0 Å². The lowest BCUT2D eigenvalue weighted by molar-refractivity contribution is -0.148. The Bertz CT molecular complexity index is 938. The summed E-state index contributed by atoms with van der Waals surface area (Å²) in [4.78, 5) is 22.2. The zero-order chi connectivity index (χ0) is 19.3. The van der Waals surface area contributed by atoms with Gasteiger partial charge < -0.3 is 25.4 Å². The molecule has 3 rings (SSSR count). The number of aliphatic hydroxyl groups excluding tert-OH is 2. The van der Waals surface area contributed by atoms with Gasteiger partial charge in [0.25, 0.3) is 5.56 Å². The minimum Gasteiger partial charge on any atom is -0.506 e. The Kier molecular flexibility index (Phi) is 4.23. The maximum absolute atomic E-state index is 12.0. The maximum atomic E-state index is 12.0. The van der Waals surface area contributed by atoms with E-state index < -0.39 is 28.3 Å². The Morgan fingerprint density at radius 3 is 2.77 bits per heavy atom. The molecule has 2 aromatic rings. The first-order valence-electron chi connectivity index (χ1n) is 8.11. The number of fused-ring (bicyclic) bond motifs is 1. The van der Waals surface area contributed by atoms with Crippen LogP contribution in [0.1, 0.15) is 27.2 Å². The lowest BCUT2D eigenvalue weighted by atomic mass is 9.88. The lowest BCUT2D eigenvalue weighted by Crippen LogP contribution is -2.44. The Labute approximate surface area is 150 Å². The number of nitrogens with two attached hydrogens (primary N) is 1. The van der Waals surface area contributed by atoms with Crippen LogP contribution in [-0.4, -0.2) is 55.9 Å². The van der Waals surface area contributed by atoms with Crippen molar-refractivity contribution in [1.29, 1.82) is 0 Å². The standard InChI is InChI=1S/C15H20BN5O5/c1-4-14(5-25-7(2)3)9(22)10(23)15(16,26-14)21-6-18-8-11(21)19-13(17)20-12(8)24/h6-7,22-23H,4-5H2,1-3H3,(H3,17,19,20,24). The first-order valence-corrected chi connectivity index (χ1v) is 8.11. The highest BCUT2D eigenvalue weighted by atomic mass is 16.6. The van der Waals surface area contributed by atoms with Crippen molar-refractivity contribution >= 4 is 25.0 Å². The van der Waals surface area contributed by atoms with Crippen molar-refractivity contribution in [2.45, 2.75) is 44.5 Å². The smallest absolute Gasteiger partial charge is 0.280 e. The van der Waals surface area contributed by atoms with E-state index in [4.69, 9.17) is 23.1 Å². The molecule has 2 aromatic heterocycles. The van der Waals surface area contributed by atoms with Crippen LogP contribution >= 0.6 is 0 Å². The number of nitrogens with zero attached hydrogens (tertiary/aromatic N) is 3. The van der Waals surface area contributed by atoms with Gasteiger partial charge in [-0.15, -0.1) is 0 Å². The normalized spacial score (nSPS) is 26.3. The minimum absolute atomic E-state index is 0.00443. The van der Waals surface area contributed by atoms with Gasteiger partial charge >= 0.3 is 0 Å². The van der Waals surface area contributed by atoms with Gasteiger partial charge in [0, 0.05) is 0 Å². The molecule has 1 aliphatic rings. The van der Waals surface area contributed by atoms with Gasteiger partial charge in [0.1, 0.15) is 0 Å². The molecule has 2 radical (unpaired) electrons. The van der Waals surface area contributed by atoms with Crippen molar-refractivity contribution in [3.05, 3.63) is 28.2 Å². The van der Waals surface area contributed by atoms with E-state index >= 15 is 0 Å². The summed E-state index contributed by atoms with van der Waals surface area (Å²) >= 11 is 0. The number of nitrogens with one attached hydrogen (secondary N) is 1. The van der Waals surface area contributed by atoms with E-state index in [0.717, 1.165) is 4.57 Å². The average molecular weight is 361 g/mol. The molecule has 1 aliphatic heterocycles. The number of nitrogen functional groups attached to an aromatic ring is 1. The van der Waals surface area contributed by atoms with E-state index in [9.17, 15) is 15.0 Å². The van der Waals surface area contributed by atoms with E-state index in [-0.39, 0.29) is 36.2 Å². The van der Waals surface area contributed by atoms with Crippen molar-refractivity contribution in [3.63, 3.8) is 0 Å². The molecule has 0 aliphatic carbocycles. The number of anilines is 1. The van der Waals surface area contributed by atoms with Crippen LogP contribution < -0.4 is 11.3 Å². The fourth-order valence-corrected chi connectivity index (χ4v) is 2.85. The van der Waals surface area contributed by atoms with Crippen LogP contribution in [0.15, 0.2) is 22.6 Å². The summed E-state index contributed by atoms with van der Waals surface area (Å²) in [6.07, 6.45) is 1.33. The van der Waals surface area contributed by atoms with Crippen LogP contribution in [-0.2, 0) is 15.1 Å². The average Bonchev–Trinajstić information content (AvgIpc) is 3.08. The van der Waals surface area contributed by atoms with Crippen LogP contribution in [0.25, 0.3) is 11.2 Å². The third kappa shape index (κ3) is 2.55. The summed E-state index contributed by atoms with van der Waals surface area (Å²) in [5.74, 6) is -1.21. The molecule has 26 heavy (non-hydrogen) atoms. The second-order valence-corrected chi connectivity index (χ2v) is 6.44. The topological polar surface area (TPSA) is 149 Å². The summed E-state index contributed by atoms with van der Waals surface area (Å²) in [5.41, 5.74) is 1.61. The van der Waals surface area contributed by atoms with Crippen LogP contribution in [0.5, 0.6) is 0 Å². The van der Waals surface area contributed by atoms with Gasteiger partial charge in [-0.05, 0) is 20.3 Å². The Hall–Kier alpha value is -2.53. The number of hydrogen-bond acceptors (Lipinski definition) is 8. The molecular formula is C15H20BN5O5. The second-order valence-electron chi connectivity index (χ2n) is 6.44. The molecule has 2 atom stereocenters. The number of ether oxygens (including phenoxy) is 2. The number of hydrogen-bond donors (Lipinski definition) is 4. The van der Waals surface area contributed by atoms with Gasteiger partial charge in [-0.3, -0.25) is 14.3 Å². The maximum Gasteiger partial charge on any atom is 0.280 e. The van der Waals surface area contributed by atoms with Gasteiger partial charge in [0.05, 0.1) is 19.0 Å². The molecule has 0 bridgehead atoms. The number of aliphatic hydroxyl groups is 2. The highest BCUT2D eigenvalue weighted by Crippen LogP contribution is 2.44. The molecule has 0 amide bonds. The number of imidazole rings is 1. The summed E-state index contributed by atoms with van der Waals surface area (Å²) in [7, 11) is 6.27. The molecule has 0 fully saturated rings. The molecule has 0 spiro atoms. The van der Waals surface area contributed by atoms with Crippen molar-refractivity contribution in [2.75, 3.05) is 12.3 Å². The van der Waals surface area contributed by atoms with Crippen molar-refractivity contribution in [2.24, 2.45) is 0 Å². The molecule has 0 aromatic carbocycles. The van der Waals surface area contributed by atoms with Crippen molar-refractivity contribution in [3.8, 4) is 0 Å². The SMILES string of the molecule is [B]C1(n2cnc3c(=O)[nH]c(N)nc32)OC(CC)(COC(C)C)C(O)=C1O. The monoisotopic (exact) mass is 361 g/mol. The fourth-order valence-electron chi connectivity index (χ4n) is 2.85. The second kappa shape index (κ2) is 6.03. The Morgan fingerprint density at radius 1 is 1.46 bits per heavy atom. The quantitative estimate of drug-likeness (QED) is 0.560. The molecule has 2 unspecified atom stereocenters. The fraction of sp³-hybridized carbons (Fsp3) is 0.533. The van der Waals surface area contributed by atoms with Crippen LogP contribution in [0.2, 0.25) is 0 Å². The molecule has 138 valence electrons. The number of aromatic amines is 1. The van der Waals surface area contributed by atoms with E-state index in [1.165, 1.54) is 6.33 Å². The predicted molar refractivity (Wildman–Crippen MR) is 93.8 cm³/mol. The molecule has 0 saturated heterocycles. The summed E-state index contributed by atoms with van der Waals surface area (Å²) < 4.78 is 12.6. The van der Waals surface area contributed by atoms with Crippen molar-refractivity contribution in [1.82, 2.24) is 19.5 Å². The van der Waals surface area contributed by atoms with Gasteiger partial charge in [0.2, 0.25) is 5.95 Å². The molecule has 5 N–H and O–H groups in total. The molecule has 0 saturated carbocycles. The molecule has 3 heterocycles. The van der Waals surface area contributed by atoms with Gasteiger partial charge in [-0.2, -0.15) is 4.98 Å². The highest BCUT2D eigenvalue weighted by Gasteiger charge is 2.55. The Morgan fingerprint density at radius 2 is 2.15 bits per heavy atom. The zero-order valence-corrected chi connectivity index (χ0v) is 14.7. The summed E-state index contributed by atoms with van der Waals surface area (Å²) in [6, 6.07) is 0. The number of rotatable bonds is 5. The predicted octanol–water partition coefficient (Wildman–Crippen LogP) is 0.412. The first kappa shape index (κ1) is 18.3. The van der Waals surface area contributed by atoms with E-state index in [1.807, 2.05) is 13.8 Å². The van der Waals surface area contributed by atoms with E-state index in [1.54, 1.807) is 6.92 Å². The third-order valence-corrected chi connectivity index (χ3v) is 4.35. The summed E-state index contributed by atoms with van der Waals surface area (Å²) in [5, 5.41) is 21.1. The highest BCUT2D eigenvalue weighted by molar-refractivity contribution is 6.15. The third-order valence-electron chi connectivity index (χ3n) is 4.35. The van der Waals surface area contributed by atoms with Gasteiger partial charge in [-0.1, -0.05) is 6.92 Å². The lowest BCUT2D eigenvalue weighted by Gasteiger charge is -2.34. The molecular weight excluding hydrogens is 341 g/mol. The first-order chi connectivity index (χ1) is 12.1. The van der Waals surface area contributed by atoms with Crippen molar-refractivity contribution < 1.29 is 19.7 Å². The zero-order valence-electron chi connectivity index (χ0n) is 14.7. The minimum atomic E-state index is -2.03. The largest absolute Gasteiger partial charge is 0.506 e. The Balaban J connectivity index is 2.13. The van der Waals surface area contributed by atoms with Gasteiger partial charge in [0.15, 0.2) is 41.8 Å². The number of H-pyrrole nitrogens is 1. The number of aromatic nitrogens is 4. The van der Waals surface area contributed by atoms with E-state index in [2.05, 4.69) is 15.0 Å². The van der Waals surface area contributed by atoms with Gasteiger partial charge in [-0.25, -0.2) is 4.98 Å².